The van der Waals surface area contributed by atoms with E-state index in [-0.39, 0.29) is 24.5 Å². The highest BCUT2D eigenvalue weighted by Crippen LogP contribution is 2.24. The lowest BCUT2D eigenvalue weighted by molar-refractivity contribution is 0.0729. The van der Waals surface area contributed by atoms with Crippen molar-refractivity contribution >= 4 is 15.7 Å². The van der Waals surface area contributed by atoms with Crippen molar-refractivity contribution < 1.29 is 22.0 Å². The van der Waals surface area contributed by atoms with Crippen molar-refractivity contribution in [3.63, 3.8) is 0 Å². The summed E-state index contributed by atoms with van der Waals surface area (Å²) >= 11 is 0. The molecule has 2 aromatic rings. The maximum absolute atomic E-state index is 14.1. The third-order valence-electron chi connectivity index (χ3n) is 3.77. The van der Waals surface area contributed by atoms with Crippen molar-refractivity contribution in [3.05, 3.63) is 35.8 Å². The third-order valence-corrected chi connectivity index (χ3v) is 5.69. The standard InChI is InChI=1S/C15H19FN4O4S/c1-2-14-18-19-15(24-14)10-17-11-3-4-12(16)13(9-11)25(21,22)20-5-7-23-8-6-20/h3-4,9,17H,2,5-8,10H2,1H3. The van der Waals surface area contributed by atoms with Gasteiger partial charge in [0.15, 0.2) is 0 Å². The molecule has 0 unspecified atom stereocenters. The Kier molecular flexibility index (Phi) is 5.30. The van der Waals surface area contributed by atoms with Gasteiger partial charge in [-0.05, 0) is 18.2 Å². The summed E-state index contributed by atoms with van der Waals surface area (Å²) in [6.45, 7) is 3.14. The van der Waals surface area contributed by atoms with Crippen LogP contribution >= 0.6 is 0 Å². The molecule has 10 heteroatoms. The van der Waals surface area contributed by atoms with E-state index in [1.165, 1.54) is 16.4 Å². The van der Waals surface area contributed by atoms with E-state index in [1.54, 1.807) is 0 Å². The topological polar surface area (TPSA) is 97.6 Å². The van der Waals surface area contributed by atoms with Crippen LogP contribution < -0.4 is 5.32 Å². The van der Waals surface area contributed by atoms with E-state index in [0.717, 1.165) is 6.07 Å². The van der Waals surface area contributed by atoms with E-state index < -0.39 is 15.8 Å². The van der Waals surface area contributed by atoms with Gasteiger partial charge in [0, 0.05) is 25.2 Å². The van der Waals surface area contributed by atoms with Crippen LogP contribution in [0.1, 0.15) is 18.7 Å². The minimum atomic E-state index is -3.91. The SMILES string of the molecule is CCc1nnc(CNc2ccc(F)c(S(=O)(=O)N3CCOCC3)c2)o1. The number of benzene rings is 1. The van der Waals surface area contributed by atoms with Crippen LogP contribution in [0.5, 0.6) is 0 Å². The average Bonchev–Trinajstić information content (AvgIpc) is 3.10. The normalized spacial score (nSPS) is 16.1. The van der Waals surface area contributed by atoms with Gasteiger partial charge in [0.2, 0.25) is 21.8 Å². The van der Waals surface area contributed by atoms with E-state index in [0.29, 0.717) is 37.1 Å². The number of morpholine rings is 1. The van der Waals surface area contributed by atoms with Crippen LogP contribution in [0, 0.1) is 5.82 Å². The van der Waals surface area contributed by atoms with E-state index in [1.807, 2.05) is 6.92 Å². The molecule has 1 aliphatic rings. The first-order chi connectivity index (χ1) is 12.0. The molecule has 3 rings (SSSR count). The average molecular weight is 370 g/mol. The van der Waals surface area contributed by atoms with Crippen LogP contribution in [0.25, 0.3) is 0 Å². The fourth-order valence-electron chi connectivity index (χ4n) is 2.42. The molecule has 0 saturated carbocycles. The maximum atomic E-state index is 14.1. The fourth-order valence-corrected chi connectivity index (χ4v) is 3.92. The zero-order chi connectivity index (χ0) is 17.9. The molecule has 0 bridgehead atoms. The molecule has 0 radical (unpaired) electrons. The maximum Gasteiger partial charge on any atom is 0.246 e. The van der Waals surface area contributed by atoms with Crippen molar-refractivity contribution in [3.8, 4) is 0 Å². The highest BCUT2D eigenvalue weighted by molar-refractivity contribution is 7.89. The number of rotatable bonds is 6. The van der Waals surface area contributed by atoms with Gasteiger partial charge < -0.3 is 14.5 Å². The lowest BCUT2D eigenvalue weighted by Gasteiger charge is -2.26. The summed E-state index contributed by atoms with van der Waals surface area (Å²) < 4.78 is 51.1. The van der Waals surface area contributed by atoms with Crippen LogP contribution in [0.3, 0.4) is 0 Å². The lowest BCUT2D eigenvalue weighted by Crippen LogP contribution is -2.40. The smallest absolute Gasteiger partial charge is 0.246 e. The molecule has 2 heterocycles. The molecule has 1 saturated heterocycles. The minimum Gasteiger partial charge on any atom is -0.423 e. The zero-order valence-electron chi connectivity index (χ0n) is 13.7. The van der Waals surface area contributed by atoms with Gasteiger partial charge in [0.1, 0.15) is 10.7 Å². The van der Waals surface area contributed by atoms with E-state index in [9.17, 15) is 12.8 Å². The van der Waals surface area contributed by atoms with Gasteiger partial charge in [0.05, 0.1) is 19.8 Å². The summed E-state index contributed by atoms with van der Waals surface area (Å²) in [5, 5.41) is 10.7. The minimum absolute atomic E-state index is 0.210. The first-order valence-electron chi connectivity index (χ1n) is 7.93. The summed E-state index contributed by atoms with van der Waals surface area (Å²) in [6.07, 6.45) is 0.630. The summed E-state index contributed by atoms with van der Waals surface area (Å²) in [6, 6.07) is 3.86. The zero-order valence-corrected chi connectivity index (χ0v) is 14.6. The molecular formula is C15H19FN4O4S. The highest BCUT2D eigenvalue weighted by Gasteiger charge is 2.29. The van der Waals surface area contributed by atoms with Crippen molar-refractivity contribution in [1.82, 2.24) is 14.5 Å². The Labute approximate surface area is 145 Å². The number of ether oxygens (including phenoxy) is 1. The highest BCUT2D eigenvalue weighted by atomic mass is 32.2. The Morgan fingerprint density at radius 3 is 2.64 bits per heavy atom. The molecule has 8 nitrogen and oxygen atoms in total. The van der Waals surface area contributed by atoms with Crippen LogP contribution in [0.15, 0.2) is 27.5 Å². The number of hydrogen-bond donors (Lipinski definition) is 1. The van der Waals surface area contributed by atoms with Crippen molar-refractivity contribution in [2.45, 2.75) is 24.8 Å². The van der Waals surface area contributed by atoms with Gasteiger partial charge in [-0.2, -0.15) is 4.31 Å². The van der Waals surface area contributed by atoms with Crippen molar-refractivity contribution in [2.75, 3.05) is 31.6 Å². The Hall–Kier alpha value is -2.04. The quantitative estimate of drug-likeness (QED) is 0.821. The molecule has 136 valence electrons. The number of sulfonamides is 1. The lowest BCUT2D eigenvalue weighted by atomic mass is 10.3. The van der Waals surface area contributed by atoms with Gasteiger partial charge in [-0.25, -0.2) is 12.8 Å². The second-order valence-electron chi connectivity index (χ2n) is 5.46. The van der Waals surface area contributed by atoms with Crippen LogP contribution in [0.2, 0.25) is 0 Å². The Morgan fingerprint density at radius 2 is 1.96 bits per heavy atom. The molecule has 1 aliphatic heterocycles. The molecule has 0 amide bonds. The fraction of sp³-hybridized carbons (Fsp3) is 0.467. The predicted molar refractivity (Wildman–Crippen MR) is 87.0 cm³/mol. The number of anilines is 1. The Balaban J connectivity index is 1.77. The van der Waals surface area contributed by atoms with E-state index >= 15 is 0 Å². The number of halogens is 1. The molecule has 0 atom stereocenters. The first-order valence-corrected chi connectivity index (χ1v) is 9.37. The summed E-state index contributed by atoms with van der Waals surface area (Å²) in [5.74, 6) is 0.105. The van der Waals surface area contributed by atoms with Gasteiger partial charge >= 0.3 is 0 Å². The van der Waals surface area contributed by atoms with Gasteiger partial charge in [-0.3, -0.25) is 0 Å². The first kappa shape index (κ1) is 17.8. The number of aryl methyl sites for hydroxylation is 1. The number of hydrogen-bond acceptors (Lipinski definition) is 7. The largest absolute Gasteiger partial charge is 0.423 e. The summed E-state index contributed by atoms with van der Waals surface area (Å²) in [5.41, 5.74) is 0.449. The second kappa shape index (κ2) is 7.46. The molecular weight excluding hydrogens is 351 g/mol. The predicted octanol–water partition coefficient (Wildman–Crippen LogP) is 1.40. The van der Waals surface area contributed by atoms with Crippen molar-refractivity contribution in [1.29, 1.82) is 0 Å². The molecule has 0 aliphatic carbocycles. The number of nitrogens with zero attached hydrogens (tertiary/aromatic N) is 3. The van der Waals surface area contributed by atoms with Gasteiger partial charge in [0.25, 0.3) is 0 Å². The molecule has 1 aromatic carbocycles. The molecule has 25 heavy (non-hydrogen) atoms. The van der Waals surface area contributed by atoms with E-state index in [2.05, 4.69) is 15.5 Å². The van der Waals surface area contributed by atoms with Crippen LogP contribution in [-0.2, 0) is 27.7 Å². The summed E-state index contributed by atoms with van der Waals surface area (Å²) in [4.78, 5) is -0.362. The third kappa shape index (κ3) is 3.97. The molecule has 1 N–H and O–H groups in total. The molecule has 1 aromatic heterocycles. The number of aromatic nitrogens is 2. The second-order valence-corrected chi connectivity index (χ2v) is 7.36. The molecule has 0 spiro atoms. The van der Waals surface area contributed by atoms with Gasteiger partial charge in [-0.15, -0.1) is 10.2 Å². The summed E-state index contributed by atoms with van der Waals surface area (Å²) in [7, 11) is -3.91. The Morgan fingerprint density at radius 1 is 1.24 bits per heavy atom. The van der Waals surface area contributed by atoms with Crippen molar-refractivity contribution in [2.24, 2.45) is 0 Å². The van der Waals surface area contributed by atoms with Crippen LogP contribution in [-0.4, -0.2) is 49.2 Å². The van der Waals surface area contributed by atoms with Crippen LogP contribution in [0.4, 0.5) is 10.1 Å². The molecule has 1 fully saturated rings. The van der Waals surface area contributed by atoms with Gasteiger partial charge in [-0.1, -0.05) is 6.92 Å². The number of nitrogens with one attached hydrogen (secondary N) is 1. The monoisotopic (exact) mass is 370 g/mol. The Bertz CT molecular complexity index is 834. The van der Waals surface area contributed by atoms with E-state index in [4.69, 9.17) is 9.15 Å².